The van der Waals surface area contributed by atoms with Gasteiger partial charge in [0.1, 0.15) is 11.9 Å². The maximum absolute atomic E-state index is 13.3. The van der Waals surface area contributed by atoms with Gasteiger partial charge >= 0.3 is 0 Å². The third kappa shape index (κ3) is 3.94. The zero-order valence-corrected chi connectivity index (χ0v) is 16.5. The molecule has 0 spiro atoms. The predicted molar refractivity (Wildman–Crippen MR) is 103 cm³/mol. The highest BCUT2D eigenvalue weighted by molar-refractivity contribution is 7.89. The average molecular weight is 427 g/mol. The molecule has 0 unspecified atom stereocenters. The van der Waals surface area contributed by atoms with Gasteiger partial charge in [0.15, 0.2) is 0 Å². The number of rotatable bonds is 4. The minimum Gasteiger partial charge on any atom is -0.467 e. The van der Waals surface area contributed by atoms with Crippen molar-refractivity contribution in [1.82, 2.24) is 9.29 Å². The van der Waals surface area contributed by atoms with E-state index in [9.17, 15) is 12.8 Å². The van der Waals surface area contributed by atoms with E-state index in [0.29, 0.717) is 41.7 Å². The van der Waals surface area contributed by atoms with Gasteiger partial charge < -0.3 is 4.74 Å². The Kier molecular flexibility index (Phi) is 5.07. The summed E-state index contributed by atoms with van der Waals surface area (Å²) in [7, 11) is -3.57. The molecular formula is C18H16ClFN2O3S2. The van der Waals surface area contributed by atoms with Crippen LogP contribution in [0.2, 0.25) is 5.02 Å². The number of fused-ring (bicyclic) bond motifs is 1. The van der Waals surface area contributed by atoms with Gasteiger partial charge in [0.25, 0.3) is 5.19 Å². The Morgan fingerprint density at radius 2 is 1.96 bits per heavy atom. The van der Waals surface area contributed by atoms with Crippen LogP contribution in [0.15, 0.2) is 47.4 Å². The van der Waals surface area contributed by atoms with Crippen LogP contribution in [0.5, 0.6) is 5.19 Å². The predicted octanol–water partition coefficient (Wildman–Crippen LogP) is 4.32. The molecule has 1 aliphatic heterocycles. The highest BCUT2D eigenvalue weighted by Crippen LogP contribution is 2.31. The van der Waals surface area contributed by atoms with Crippen LogP contribution in [0.25, 0.3) is 10.2 Å². The van der Waals surface area contributed by atoms with Crippen molar-refractivity contribution in [3.63, 3.8) is 0 Å². The van der Waals surface area contributed by atoms with Gasteiger partial charge in [0.2, 0.25) is 10.0 Å². The maximum atomic E-state index is 13.3. The summed E-state index contributed by atoms with van der Waals surface area (Å²) in [6, 6.07) is 10.7. The van der Waals surface area contributed by atoms with Crippen molar-refractivity contribution < 1.29 is 17.5 Å². The van der Waals surface area contributed by atoms with Crippen LogP contribution in [-0.4, -0.2) is 36.9 Å². The lowest BCUT2D eigenvalue weighted by Crippen LogP contribution is -2.41. The van der Waals surface area contributed by atoms with E-state index >= 15 is 0 Å². The van der Waals surface area contributed by atoms with Gasteiger partial charge in [0.05, 0.1) is 15.1 Å². The summed E-state index contributed by atoms with van der Waals surface area (Å²) in [5, 5.41) is 0.869. The van der Waals surface area contributed by atoms with Crippen molar-refractivity contribution in [2.24, 2.45) is 0 Å². The first kappa shape index (κ1) is 18.6. The summed E-state index contributed by atoms with van der Waals surface area (Å²) in [5.74, 6) is -0.308. The quantitative estimate of drug-likeness (QED) is 0.623. The first-order chi connectivity index (χ1) is 12.9. The van der Waals surface area contributed by atoms with Crippen molar-refractivity contribution in [2.45, 2.75) is 23.8 Å². The molecule has 3 aromatic rings. The highest BCUT2D eigenvalue weighted by atomic mass is 35.5. The number of halogens is 2. The molecule has 5 nitrogen and oxygen atoms in total. The summed E-state index contributed by atoms with van der Waals surface area (Å²) in [5.41, 5.74) is 0.692. The van der Waals surface area contributed by atoms with Gasteiger partial charge in [-0.1, -0.05) is 29.0 Å². The molecule has 0 atom stereocenters. The standard InChI is InChI=1S/C18H16ClFN2O3S2/c19-12-2-1-3-15(10-12)27(23,24)22-8-6-14(7-9-22)25-18-21-16-5-4-13(20)11-17(16)26-18/h1-5,10-11,14H,6-9H2. The number of hydrogen-bond donors (Lipinski definition) is 0. The summed E-state index contributed by atoms with van der Waals surface area (Å²) in [4.78, 5) is 4.55. The van der Waals surface area contributed by atoms with Crippen molar-refractivity contribution >= 4 is 43.2 Å². The Morgan fingerprint density at radius 1 is 1.19 bits per heavy atom. The Balaban J connectivity index is 1.42. The summed E-state index contributed by atoms with van der Waals surface area (Å²) >= 11 is 7.20. The SMILES string of the molecule is O=S(=O)(c1cccc(Cl)c1)N1CCC(Oc2nc3ccc(F)cc3s2)CC1. The van der Waals surface area contributed by atoms with Gasteiger partial charge in [-0.05, 0) is 49.2 Å². The van der Waals surface area contributed by atoms with Gasteiger partial charge in [-0.15, -0.1) is 0 Å². The first-order valence-electron chi connectivity index (χ1n) is 8.40. The maximum Gasteiger partial charge on any atom is 0.274 e. The molecule has 0 radical (unpaired) electrons. The monoisotopic (exact) mass is 426 g/mol. The van der Waals surface area contributed by atoms with Crippen LogP contribution in [0.3, 0.4) is 0 Å². The van der Waals surface area contributed by atoms with Crippen molar-refractivity contribution in [3.8, 4) is 5.19 Å². The van der Waals surface area contributed by atoms with Gasteiger partial charge in [-0.2, -0.15) is 4.31 Å². The second-order valence-corrected chi connectivity index (χ2v) is 9.64. The Labute approximate surface area is 165 Å². The smallest absolute Gasteiger partial charge is 0.274 e. The Bertz CT molecular complexity index is 1080. The summed E-state index contributed by atoms with van der Waals surface area (Å²) in [6.07, 6.45) is 0.995. The van der Waals surface area contributed by atoms with E-state index in [1.807, 2.05) is 0 Å². The Hall–Kier alpha value is -1.74. The molecule has 2 aromatic carbocycles. The fourth-order valence-corrected chi connectivity index (χ4v) is 5.71. The summed E-state index contributed by atoms with van der Waals surface area (Å²) < 4.78 is 46.8. The van der Waals surface area contributed by atoms with E-state index in [-0.39, 0.29) is 16.8 Å². The zero-order valence-electron chi connectivity index (χ0n) is 14.1. The van der Waals surface area contributed by atoms with Crippen LogP contribution in [0.1, 0.15) is 12.8 Å². The van der Waals surface area contributed by atoms with Gasteiger partial charge in [-0.25, -0.2) is 17.8 Å². The number of sulfonamides is 1. The van der Waals surface area contributed by atoms with Crippen LogP contribution in [-0.2, 0) is 10.0 Å². The third-order valence-electron chi connectivity index (χ3n) is 4.43. The van der Waals surface area contributed by atoms with Crippen LogP contribution in [0.4, 0.5) is 4.39 Å². The van der Waals surface area contributed by atoms with Crippen LogP contribution in [0, 0.1) is 5.82 Å². The van der Waals surface area contributed by atoms with Crippen LogP contribution >= 0.6 is 22.9 Å². The fraction of sp³-hybridized carbons (Fsp3) is 0.278. The van der Waals surface area contributed by atoms with E-state index < -0.39 is 10.0 Å². The van der Waals surface area contributed by atoms with E-state index in [1.165, 1.54) is 33.8 Å². The van der Waals surface area contributed by atoms with Crippen molar-refractivity contribution in [1.29, 1.82) is 0 Å². The van der Waals surface area contributed by atoms with E-state index in [0.717, 1.165) is 4.70 Å². The number of thiazole rings is 1. The minimum atomic E-state index is -3.57. The average Bonchev–Trinajstić information content (AvgIpc) is 3.03. The van der Waals surface area contributed by atoms with Gasteiger partial charge in [0, 0.05) is 18.1 Å². The molecule has 4 rings (SSSR count). The van der Waals surface area contributed by atoms with E-state index in [4.69, 9.17) is 16.3 Å². The fourth-order valence-electron chi connectivity index (χ4n) is 3.04. The highest BCUT2D eigenvalue weighted by Gasteiger charge is 2.30. The van der Waals surface area contributed by atoms with Crippen molar-refractivity contribution in [3.05, 3.63) is 53.3 Å². The van der Waals surface area contributed by atoms with Crippen LogP contribution < -0.4 is 4.74 Å². The molecule has 1 aliphatic rings. The Morgan fingerprint density at radius 3 is 2.70 bits per heavy atom. The molecule has 2 heterocycles. The third-order valence-corrected chi connectivity index (χ3v) is 7.47. The lowest BCUT2D eigenvalue weighted by molar-refractivity contribution is 0.135. The van der Waals surface area contributed by atoms with E-state index in [1.54, 1.807) is 24.3 Å². The number of piperidine rings is 1. The molecule has 1 fully saturated rings. The molecule has 0 aliphatic carbocycles. The number of benzene rings is 2. The molecular weight excluding hydrogens is 411 g/mol. The second-order valence-electron chi connectivity index (χ2n) is 6.27. The minimum absolute atomic E-state index is 0.124. The molecule has 1 saturated heterocycles. The summed E-state index contributed by atoms with van der Waals surface area (Å²) in [6.45, 7) is 0.720. The largest absolute Gasteiger partial charge is 0.467 e. The molecule has 9 heteroatoms. The number of ether oxygens (including phenoxy) is 1. The molecule has 0 bridgehead atoms. The first-order valence-corrected chi connectivity index (χ1v) is 11.0. The lowest BCUT2D eigenvalue weighted by Gasteiger charge is -2.30. The molecule has 1 aromatic heterocycles. The zero-order chi connectivity index (χ0) is 19.0. The molecule has 27 heavy (non-hydrogen) atoms. The van der Waals surface area contributed by atoms with Gasteiger partial charge in [-0.3, -0.25) is 0 Å². The number of aromatic nitrogens is 1. The molecule has 0 N–H and O–H groups in total. The molecule has 142 valence electrons. The number of hydrogen-bond acceptors (Lipinski definition) is 5. The topological polar surface area (TPSA) is 59.5 Å². The molecule has 0 amide bonds. The van der Waals surface area contributed by atoms with Crippen molar-refractivity contribution in [2.75, 3.05) is 13.1 Å². The second kappa shape index (κ2) is 7.35. The normalized spacial score (nSPS) is 16.7. The number of nitrogens with zero attached hydrogens (tertiary/aromatic N) is 2. The molecule has 0 saturated carbocycles. The lowest BCUT2D eigenvalue weighted by atomic mass is 10.1. The van der Waals surface area contributed by atoms with E-state index in [2.05, 4.69) is 4.98 Å².